The van der Waals surface area contributed by atoms with Crippen molar-refractivity contribution in [3.8, 4) is 0 Å². The van der Waals surface area contributed by atoms with Crippen molar-refractivity contribution in [3.63, 3.8) is 0 Å². The first kappa shape index (κ1) is 21.7. The molecular formula is C23H23Cl2N3O3. The summed E-state index contributed by atoms with van der Waals surface area (Å²) in [5, 5.41) is 14.6. The second-order valence-corrected chi connectivity index (χ2v) is 8.64. The van der Waals surface area contributed by atoms with E-state index in [0.29, 0.717) is 41.7 Å². The van der Waals surface area contributed by atoms with Gasteiger partial charge in [0.1, 0.15) is 11.7 Å². The number of hydrogen-bond acceptors (Lipinski definition) is 3. The molecule has 1 atom stereocenters. The number of benzene rings is 2. The predicted octanol–water partition coefficient (Wildman–Crippen LogP) is 3.80. The van der Waals surface area contributed by atoms with Gasteiger partial charge in [-0.15, -0.1) is 0 Å². The number of H-pyrrole nitrogens is 1. The average Bonchev–Trinajstić information content (AvgIpc) is 3.18. The number of hydrogen-bond donors (Lipinski definition) is 3. The normalized spacial score (nSPS) is 15.8. The lowest BCUT2D eigenvalue weighted by Gasteiger charge is -2.32. The first-order chi connectivity index (χ1) is 14.9. The first-order valence-corrected chi connectivity index (χ1v) is 11.0. The van der Waals surface area contributed by atoms with Gasteiger partial charge >= 0.3 is 0 Å². The van der Waals surface area contributed by atoms with E-state index >= 15 is 0 Å². The summed E-state index contributed by atoms with van der Waals surface area (Å²) in [5.74, 6) is -0.561. The van der Waals surface area contributed by atoms with Crippen molar-refractivity contribution in [1.82, 2.24) is 15.2 Å². The summed E-state index contributed by atoms with van der Waals surface area (Å²) in [6.07, 6.45) is 0.941. The van der Waals surface area contributed by atoms with E-state index in [1.807, 2.05) is 18.2 Å². The second-order valence-electron chi connectivity index (χ2n) is 7.79. The molecule has 0 spiro atoms. The van der Waals surface area contributed by atoms with Gasteiger partial charge in [0.15, 0.2) is 0 Å². The minimum Gasteiger partial charge on any atom is -0.393 e. The van der Waals surface area contributed by atoms with E-state index < -0.39 is 6.04 Å². The zero-order valence-electron chi connectivity index (χ0n) is 16.8. The lowest BCUT2D eigenvalue weighted by atomic mass is 10.0. The Morgan fingerprint density at radius 1 is 1.13 bits per heavy atom. The third-order valence-electron chi connectivity index (χ3n) is 5.59. The summed E-state index contributed by atoms with van der Waals surface area (Å²) in [5.41, 5.74) is 1.92. The Morgan fingerprint density at radius 3 is 2.61 bits per heavy atom. The molecule has 0 saturated carbocycles. The van der Waals surface area contributed by atoms with Gasteiger partial charge in [-0.05, 0) is 48.7 Å². The fourth-order valence-electron chi connectivity index (χ4n) is 3.85. The molecule has 0 aliphatic carbocycles. The van der Waals surface area contributed by atoms with Crippen LogP contribution in [0.4, 0.5) is 0 Å². The number of piperidine rings is 1. The minimum atomic E-state index is -0.780. The summed E-state index contributed by atoms with van der Waals surface area (Å²) in [7, 11) is 0. The molecule has 2 aromatic carbocycles. The second kappa shape index (κ2) is 9.30. The Kier molecular flexibility index (Phi) is 6.51. The molecule has 31 heavy (non-hydrogen) atoms. The number of rotatable bonds is 5. The van der Waals surface area contributed by atoms with Crippen LogP contribution in [0.15, 0.2) is 48.5 Å². The maximum absolute atomic E-state index is 13.3. The van der Waals surface area contributed by atoms with Crippen molar-refractivity contribution in [3.05, 3.63) is 69.8 Å². The van der Waals surface area contributed by atoms with E-state index in [1.165, 1.54) is 0 Å². The van der Waals surface area contributed by atoms with Crippen LogP contribution in [0.1, 0.15) is 28.9 Å². The summed E-state index contributed by atoms with van der Waals surface area (Å²) in [6.45, 7) is 0.916. The lowest BCUT2D eigenvalue weighted by molar-refractivity contribution is -0.135. The molecule has 3 N–H and O–H groups in total. The summed E-state index contributed by atoms with van der Waals surface area (Å²) in [6, 6.07) is 13.5. The molecule has 6 nitrogen and oxygen atoms in total. The van der Waals surface area contributed by atoms with Crippen molar-refractivity contribution in [2.45, 2.75) is 31.4 Å². The van der Waals surface area contributed by atoms with Crippen molar-refractivity contribution in [2.75, 3.05) is 13.1 Å². The largest absolute Gasteiger partial charge is 0.393 e. The van der Waals surface area contributed by atoms with Crippen molar-refractivity contribution in [2.24, 2.45) is 0 Å². The van der Waals surface area contributed by atoms with Gasteiger partial charge in [0.25, 0.3) is 5.91 Å². The molecule has 2 heterocycles. The van der Waals surface area contributed by atoms with E-state index in [4.69, 9.17) is 23.2 Å². The molecule has 1 fully saturated rings. The number of nitrogens with zero attached hydrogens (tertiary/aromatic N) is 1. The topological polar surface area (TPSA) is 85.4 Å². The van der Waals surface area contributed by atoms with Crippen LogP contribution in [0.5, 0.6) is 0 Å². The SMILES string of the molecule is O=C(NC(Cc1ccccc1Cl)C(=O)N1CCC(O)CC1)c1cc2cc(Cl)ccc2[nH]1. The highest BCUT2D eigenvalue weighted by atomic mass is 35.5. The minimum absolute atomic E-state index is 0.181. The Balaban J connectivity index is 1.57. The number of aromatic amines is 1. The lowest BCUT2D eigenvalue weighted by Crippen LogP contribution is -2.52. The predicted molar refractivity (Wildman–Crippen MR) is 122 cm³/mol. The number of aliphatic hydroxyl groups is 1. The van der Waals surface area contributed by atoms with E-state index in [9.17, 15) is 14.7 Å². The van der Waals surface area contributed by atoms with Gasteiger partial charge in [-0.2, -0.15) is 0 Å². The van der Waals surface area contributed by atoms with E-state index in [0.717, 1.165) is 16.5 Å². The van der Waals surface area contributed by atoms with Crippen LogP contribution in [0.3, 0.4) is 0 Å². The van der Waals surface area contributed by atoms with Gasteiger partial charge in [-0.1, -0.05) is 41.4 Å². The van der Waals surface area contributed by atoms with Crippen LogP contribution >= 0.6 is 23.2 Å². The van der Waals surface area contributed by atoms with Crippen LogP contribution in [0, 0.1) is 0 Å². The summed E-state index contributed by atoms with van der Waals surface area (Å²) < 4.78 is 0. The molecule has 0 bridgehead atoms. The fraction of sp³-hybridized carbons (Fsp3) is 0.304. The number of halogens is 2. The number of aromatic nitrogens is 1. The number of likely N-dealkylation sites (tertiary alicyclic amines) is 1. The van der Waals surface area contributed by atoms with E-state index in [2.05, 4.69) is 10.3 Å². The molecule has 0 radical (unpaired) electrons. The van der Waals surface area contributed by atoms with Gasteiger partial charge in [0.2, 0.25) is 5.91 Å². The van der Waals surface area contributed by atoms with Gasteiger partial charge < -0.3 is 20.3 Å². The van der Waals surface area contributed by atoms with Gasteiger partial charge in [-0.25, -0.2) is 0 Å². The number of aliphatic hydroxyl groups excluding tert-OH is 1. The standard InChI is InChI=1S/C23H23Cl2N3O3/c24-16-5-6-19-15(11-16)13-20(26-19)22(30)27-21(12-14-3-1-2-4-18(14)25)23(31)28-9-7-17(29)8-10-28/h1-6,11,13,17,21,26,29H,7-10,12H2,(H,27,30). The zero-order chi connectivity index (χ0) is 22.0. The third kappa shape index (κ3) is 5.03. The number of fused-ring (bicyclic) bond motifs is 1. The van der Waals surface area contributed by atoms with Crippen molar-refractivity contribution in [1.29, 1.82) is 0 Å². The fourth-order valence-corrected chi connectivity index (χ4v) is 4.25. The monoisotopic (exact) mass is 459 g/mol. The number of nitrogens with one attached hydrogen (secondary N) is 2. The van der Waals surface area contributed by atoms with Gasteiger partial charge in [0, 0.05) is 40.5 Å². The molecule has 3 aromatic rings. The highest BCUT2D eigenvalue weighted by molar-refractivity contribution is 6.31. The molecular weight excluding hydrogens is 437 g/mol. The average molecular weight is 460 g/mol. The Hall–Kier alpha value is -2.54. The molecule has 1 unspecified atom stereocenters. The maximum Gasteiger partial charge on any atom is 0.268 e. The van der Waals surface area contributed by atoms with Crippen LogP contribution < -0.4 is 5.32 Å². The highest BCUT2D eigenvalue weighted by Gasteiger charge is 2.30. The zero-order valence-corrected chi connectivity index (χ0v) is 18.3. The Morgan fingerprint density at radius 2 is 1.87 bits per heavy atom. The highest BCUT2D eigenvalue weighted by Crippen LogP contribution is 2.22. The summed E-state index contributed by atoms with van der Waals surface area (Å²) >= 11 is 12.4. The van der Waals surface area contributed by atoms with Gasteiger partial charge in [-0.3, -0.25) is 9.59 Å². The first-order valence-electron chi connectivity index (χ1n) is 10.2. The Labute approximate surface area is 190 Å². The van der Waals surface area contributed by atoms with Crippen LogP contribution in [0.25, 0.3) is 10.9 Å². The van der Waals surface area contributed by atoms with Crippen molar-refractivity contribution >= 4 is 45.9 Å². The molecule has 1 aliphatic heterocycles. The maximum atomic E-state index is 13.3. The summed E-state index contributed by atoms with van der Waals surface area (Å²) in [4.78, 5) is 31.0. The molecule has 2 amide bonds. The molecule has 162 valence electrons. The van der Waals surface area contributed by atoms with Gasteiger partial charge in [0.05, 0.1) is 6.10 Å². The quantitative estimate of drug-likeness (QED) is 0.542. The molecule has 1 aromatic heterocycles. The third-order valence-corrected chi connectivity index (χ3v) is 6.19. The molecule has 1 aliphatic rings. The number of carbonyl (C=O) groups is 2. The van der Waals surface area contributed by atoms with Crippen molar-refractivity contribution < 1.29 is 14.7 Å². The number of amides is 2. The van der Waals surface area contributed by atoms with Crippen LogP contribution in [-0.2, 0) is 11.2 Å². The van der Waals surface area contributed by atoms with E-state index in [1.54, 1.807) is 35.2 Å². The number of carbonyl (C=O) groups excluding carboxylic acids is 2. The van der Waals surface area contributed by atoms with Crippen LogP contribution in [-0.4, -0.2) is 52.0 Å². The van der Waals surface area contributed by atoms with E-state index in [-0.39, 0.29) is 24.3 Å². The Bertz CT molecular complexity index is 1110. The molecule has 1 saturated heterocycles. The smallest absolute Gasteiger partial charge is 0.268 e. The molecule has 4 rings (SSSR count). The molecule has 8 heteroatoms. The van der Waals surface area contributed by atoms with Crippen LogP contribution in [0.2, 0.25) is 10.0 Å².